The van der Waals surface area contributed by atoms with E-state index in [9.17, 15) is 0 Å². The minimum Gasteiger partial charge on any atom is -0.310 e. The van der Waals surface area contributed by atoms with E-state index in [1.807, 2.05) is 0 Å². The monoisotopic (exact) mass is 204 g/mol. The van der Waals surface area contributed by atoms with Gasteiger partial charge in [-0.25, -0.2) is 4.98 Å². The molecule has 0 aliphatic heterocycles. The number of rotatable bonds is 4. The van der Waals surface area contributed by atoms with E-state index in [-0.39, 0.29) is 0 Å². The fourth-order valence-electron chi connectivity index (χ4n) is 2.82. The van der Waals surface area contributed by atoms with Crippen molar-refractivity contribution >= 4 is 0 Å². The van der Waals surface area contributed by atoms with Gasteiger partial charge in [0.15, 0.2) is 0 Å². The quantitative estimate of drug-likeness (QED) is 0.722. The molecular weight excluding hydrogens is 188 g/mol. The molecule has 0 amide bonds. The molecule has 2 aliphatic carbocycles. The minimum atomic E-state index is 0.803. The second kappa shape index (κ2) is 3.77. The van der Waals surface area contributed by atoms with Gasteiger partial charge in [-0.1, -0.05) is 12.2 Å². The summed E-state index contributed by atoms with van der Waals surface area (Å²) < 4.78 is 0. The number of nitrogens with zero attached hydrogens (tertiary/aromatic N) is 2. The van der Waals surface area contributed by atoms with E-state index in [4.69, 9.17) is 0 Å². The van der Waals surface area contributed by atoms with Crippen molar-refractivity contribution in [3.63, 3.8) is 0 Å². The zero-order valence-corrected chi connectivity index (χ0v) is 8.69. The largest absolute Gasteiger partial charge is 0.310 e. The van der Waals surface area contributed by atoms with Crippen LogP contribution in [0.15, 0.2) is 18.5 Å². The second-order valence-electron chi connectivity index (χ2n) is 4.60. The molecule has 0 radical (unpaired) electrons. The van der Waals surface area contributed by atoms with Gasteiger partial charge in [-0.2, -0.15) is 5.10 Å². The van der Waals surface area contributed by atoms with E-state index >= 15 is 0 Å². The van der Waals surface area contributed by atoms with Crippen LogP contribution in [0.2, 0.25) is 0 Å². The van der Waals surface area contributed by atoms with Crippen molar-refractivity contribution in [1.29, 1.82) is 0 Å². The number of fused-ring (bicyclic) bond motifs is 2. The number of aromatic nitrogens is 3. The van der Waals surface area contributed by atoms with Crippen molar-refractivity contribution in [2.45, 2.75) is 19.4 Å². The SMILES string of the molecule is C1=CC2CC1CC2CNCc1ncn[nH]1. The maximum Gasteiger partial charge on any atom is 0.138 e. The van der Waals surface area contributed by atoms with Gasteiger partial charge in [-0.05, 0) is 37.1 Å². The molecule has 0 saturated heterocycles. The Labute approximate surface area is 89.2 Å². The van der Waals surface area contributed by atoms with Crippen molar-refractivity contribution < 1.29 is 0 Å². The highest BCUT2D eigenvalue weighted by Gasteiger charge is 2.34. The van der Waals surface area contributed by atoms with Crippen LogP contribution in [0.1, 0.15) is 18.7 Å². The van der Waals surface area contributed by atoms with Crippen LogP contribution in [0.4, 0.5) is 0 Å². The smallest absolute Gasteiger partial charge is 0.138 e. The van der Waals surface area contributed by atoms with Crippen molar-refractivity contribution in [3.05, 3.63) is 24.3 Å². The molecule has 1 aromatic heterocycles. The van der Waals surface area contributed by atoms with Gasteiger partial charge in [-0.15, -0.1) is 0 Å². The molecule has 1 fully saturated rings. The molecule has 80 valence electrons. The lowest BCUT2D eigenvalue weighted by atomic mass is 9.94. The number of H-pyrrole nitrogens is 1. The summed E-state index contributed by atoms with van der Waals surface area (Å²) in [5.74, 6) is 3.46. The Morgan fingerprint density at radius 2 is 2.40 bits per heavy atom. The van der Waals surface area contributed by atoms with Gasteiger partial charge in [0.05, 0.1) is 6.54 Å². The molecule has 3 atom stereocenters. The molecule has 4 heteroatoms. The molecule has 1 aromatic rings. The topological polar surface area (TPSA) is 53.6 Å². The van der Waals surface area contributed by atoms with Crippen molar-refractivity contribution in [1.82, 2.24) is 20.5 Å². The van der Waals surface area contributed by atoms with Crippen molar-refractivity contribution in [2.24, 2.45) is 17.8 Å². The van der Waals surface area contributed by atoms with Gasteiger partial charge in [0.25, 0.3) is 0 Å². The number of hydrogen-bond donors (Lipinski definition) is 2. The summed E-state index contributed by atoms with van der Waals surface area (Å²) in [6, 6.07) is 0. The highest BCUT2D eigenvalue weighted by Crippen LogP contribution is 2.42. The molecule has 1 saturated carbocycles. The standard InChI is InChI=1S/C11H16N4/c1-2-9-3-8(1)4-10(9)5-12-6-11-13-7-14-15-11/h1-2,7-10,12H,3-6H2,(H,13,14,15). The van der Waals surface area contributed by atoms with E-state index in [0.717, 1.165) is 36.7 Å². The summed E-state index contributed by atoms with van der Waals surface area (Å²) in [6.45, 7) is 1.91. The van der Waals surface area contributed by atoms with Gasteiger partial charge < -0.3 is 5.32 Å². The van der Waals surface area contributed by atoms with Crippen LogP contribution in [-0.4, -0.2) is 21.7 Å². The highest BCUT2D eigenvalue weighted by atomic mass is 15.2. The number of aromatic amines is 1. The first-order valence-corrected chi connectivity index (χ1v) is 5.65. The Kier molecular flexibility index (Phi) is 2.29. The Hall–Kier alpha value is -1.16. The average molecular weight is 204 g/mol. The van der Waals surface area contributed by atoms with Gasteiger partial charge in [-0.3, -0.25) is 5.10 Å². The van der Waals surface area contributed by atoms with Crippen LogP contribution in [0.3, 0.4) is 0 Å². The van der Waals surface area contributed by atoms with Gasteiger partial charge in [0.2, 0.25) is 0 Å². The van der Waals surface area contributed by atoms with Crippen LogP contribution in [-0.2, 0) is 6.54 Å². The maximum absolute atomic E-state index is 4.09. The molecule has 0 spiro atoms. The molecule has 1 heterocycles. The van der Waals surface area contributed by atoms with Gasteiger partial charge in [0, 0.05) is 0 Å². The Balaban J connectivity index is 1.45. The van der Waals surface area contributed by atoms with E-state index in [1.165, 1.54) is 12.8 Å². The van der Waals surface area contributed by atoms with E-state index in [0.29, 0.717) is 0 Å². The third-order valence-electron chi connectivity index (χ3n) is 3.58. The molecule has 3 unspecified atom stereocenters. The maximum atomic E-state index is 4.09. The Morgan fingerprint density at radius 1 is 1.40 bits per heavy atom. The Bertz CT molecular complexity index is 343. The minimum absolute atomic E-state index is 0.803. The fourth-order valence-corrected chi connectivity index (χ4v) is 2.82. The van der Waals surface area contributed by atoms with E-state index in [1.54, 1.807) is 6.33 Å². The number of hydrogen-bond acceptors (Lipinski definition) is 3. The van der Waals surface area contributed by atoms with Crippen molar-refractivity contribution in [3.8, 4) is 0 Å². The molecule has 3 rings (SSSR count). The lowest BCUT2D eigenvalue weighted by Crippen LogP contribution is -2.25. The van der Waals surface area contributed by atoms with E-state index < -0.39 is 0 Å². The molecule has 4 nitrogen and oxygen atoms in total. The first-order chi connectivity index (χ1) is 7.42. The molecule has 2 aliphatic rings. The fraction of sp³-hybridized carbons (Fsp3) is 0.636. The third-order valence-corrected chi connectivity index (χ3v) is 3.58. The van der Waals surface area contributed by atoms with E-state index in [2.05, 4.69) is 32.7 Å². The van der Waals surface area contributed by atoms with Crippen LogP contribution >= 0.6 is 0 Å². The Morgan fingerprint density at radius 3 is 3.07 bits per heavy atom. The second-order valence-corrected chi connectivity index (χ2v) is 4.60. The average Bonchev–Trinajstić information content (AvgIpc) is 2.93. The lowest BCUT2D eigenvalue weighted by molar-refractivity contribution is 0.412. The summed E-state index contributed by atoms with van der Waals surface area (Å²) in [6.07, 6.45) is 9.09. The summed E-state index contributed by atoms with van der Waals surface area (Å²) >= 11 is 0. The summed E-state index contributed by atoms with van der Waals surface area (Å²) in [5, 5.41) is 10.1. The first-order valence-electron chi connectivity index (χ1n) is 5.65. The molecule has 2 N–H and O–H groups in total. The van der Waals surface area contributed by atoms with Crippen molar-refractivity contribution in [2.75, 3.05) is 6.54 Å². The third kappa shape index (κ3) is 1.81. The molecule has 0 aromatic carbocycles. The molecule has 2 bridgehead atoms. The number of allylic oxidation sites excluding steroid dienone is 2. The summed E-state index contributed by atoms with van der Waals surface area (Å²) in [5.41, 5.74) is 0. The van der Waals surface area contributed by atoms with Crippen LogP contribution < -0.4 is 5.32 Å². The summed E-state index contributed by atoms with van der Waals surface area (Å²) in [4.78, 5) is 4.09. The summed E-state index contributed by atoms with van der Waals surface area (Å²) in [7, 11) is 0. The lowest BCUT2D eigenvalue weighted by Gasteiger charge is -2.17. The zero-order valence-electron chi connectivity index (χ0n) is 8.69. The predicted molar refractivity (Wildman–Crippen MR) is 56.9 cm³/mol. The number of nitrogens with one attached hydrogen (secondary N) is 2. The molecular formula is C11H16N4. The van der Waals surface area contributed by atoms with Gasteiger partial charge in [0.1, 0.15) is 12.2 Å². The van der Waals surface area contributed by atoms with Crippen LogP contribution in [0, 0.1) is 17.8 Å². The normalized spacial score (nSPS) is 32.7. The van der Waals surface area contributed by atoms with Gasteiger partial charge >= 0.3 is 0 Å². The first kappa shape index (κ1) is 9.09. The van der Waals surface area contributed by atoms with Crippen LogP contribution in [0.5, 0.6) is 0 Å². The highest BCUT2D eigenvalue weighted by molar-refractivity contribution is 5.10. The van der Waals surface area contributed by atoms with Crippen LogP contribution in [0.25, 0.3) is 0 Å². The predicted octanol–water partition coefficient (Wildman–Crippen LogP) is 1.11. The zero-order chi connectivity index (χ0) is 10.1. The molecule has 15 heavy (non-hydrogen) atoms.